The first-order valence-electron chi connectivity index (χ1n) is 6.20. The second kappa shape index (κ2) is 7.64. The SMILES string of the molecule is CC(CCNC(=O)CN(C)C(=O)c1cccs1)C(=O)O. The molecule has 0 aliphatic heterocycles. The number of carboxylic acids is 1. The van der Waals surface area contributed by atoms with E-state index in [1.54, 1.807) is 31.5 Å². The van der Waals surface area contributed by atoms with E-state index < -0.39 is 11.9 Å². The number of hydrogen-bond donors (Lipinski definition) is 2. The van der Waals surface area contributed by atoms with Crippen molar-refractivity contribution in [1.29, 1.82) is 0 Å². The Morgan fingerprint density at radius 2 is 2.15 bits per heavy atom. The lowest BCUT2D eigenvalue weighted by atomic mass is 10.1. The van der Waals surface area contributed by atoms with Crippen LogP contribution in [0.15, 0.2) is 17.5 Å². The van der Waals surface area contributed by atoms with E-state index in [-0.39, 0.29) is 24.9 Å². The number of carboxylic acid groups (broad SMARTS) is 1. The number of likely N-dealkylation sites (N-methyl/N-ethyl adjacent to an activating group) is 1. The van der Waals surface area contributed by atoms with Crippen LogP contribution in [-0.4, -0.2) is 47.9 Å². The monoisotopic (exact) mass is 298 g/mol. The number of aliphatic carboxylic acids is 1. The van der Waals surface area contributed by atoms with E-state index >= 15 is 0 Å². The van der Waals surface area contributed by atoms with Gasteiger partial charge in [0.2, 0.25) is 5.91 Å². The van der Waals surface area contributed by atoms with Gasteiger partial charge in [0, 0.05) is 13.6 Å². The summed E-state index contributed by atoms with van der Waals surface area (Å²) in [7, 11) is 1.56. The van der Waals surface area contributed by atoms with E-state index in [0.29, 0.717) is 11.3 Å². The second-order valence-electron chi connectivity index (χ2n) is 4.52. The van der Waals surface area contributed by atoms with Gasteiger partial charge in [-0.25, -0.2) is 0 Å². The molecule has 0 spiro atoms. The fourth-order valence-electron chi connectivity index (χ4n) is 1.48. The lowest BCUT2D eigenvalue weighted by Gasteiger charge is -2.16. The van der Waals surface area contributed by atoms with Crippen molar-refractivity contribution in [2.45, 2.75) is 13.3 Å². The summed E-state index contributed by atoms with van der Waals surface area (Å²) < 4.78 is 0. The summed E-state index contributed by atoms with van der Waals surface area (Å²) in [4.78, 5) is 36.0. The van der Waals surface area contributed by atoms with Crippen molar-refractivity contribution in [3.8, 4) is 0 Å². The standard InChI is InChI=1S/C13H18N2O4S/c1-9(13(18)19)5-6-14-11(16)8-15(2)12(17)10-4-3-7-20-10/h3-4,7,9H,5-6,8H2,1-2H3,(H,14,16)(H,18,19). The highest BCUT2D eigenvalue weighted by atomic mass is 32.1. The first-order valence-corrected chi connectivity index (χ1v) is 7.08. The van der Waals surface area contributed by atoms with Crippen LogP contribution in [0.3, 0.4) is 0 Å². The summed E-state index contributed by atoms with van der Waals surface area (Å²) in [6.45, 7) is 1.83. The minimum Gasteiger partial charge on any atom is -0.481 e. The first kappa shape index (κ1) is 16.2. The van der Waals surface area contributed by atoms with Crippen LogP contribution in [0.2, 0.25) is 0 Å². The zero-order valence-electron chi connectivity index (χ0n) is 11.5. The minimum atomic E-state index is -0.885. The number of thiophene rings is 1. The van der Waals surface area contributed by atoms with Crippen LogP contribution in [-0.2, 0) is 9.59 Å². The number of nitrogens with one attached hydrogen (secondary N) is 1. The molecule has 1 aromatic rings. The zero-order chi connectivity index (χ0) is 15.1. The second-order valence-corrected chi connectivity index (χ2v) is 5.46. The molecule has 0 saturated heterocycles. The highest BCUT2D eigenvalue weighted by molar-refractivity contribution is 7.12. The number of hydrogen-bond acceptors (Lipinski definition) is 4. The number of carbonyl (C=O) groups is 3. The summed E-state index contributed by atoms with van der Waals surface area (Å²) in [5.74, 6) is -1.88. The van der Waals surface area contributed by atoms with Crippen molar-refractivity contribution in [2.24, 2.45) is 5.92 Å². The number of carbonyl (C=O) groups excluding carboxylic acids is 2. The highest BCUT2D eigenvalue weighted by Gasteiger charge is 2.16. The van der Waals surface area contributed by atoms with Crippen molar-refractivity contribution < 1.29 is 19.5 Å². The summed E-state index contributed by atoms with van der Waals surface area (Å²) in [6.07, 6.45) is 0.365. The lowest BCUT2D eigenvalue weighted by Crippen LogP contribution is -2.38. The van der Waals surface area contributed by atoms with Gasteiger partial charge in [0.25, 0.3) is 5.91 Å². The molecule has 0 saturated carbocycles. The maximum Gasteiger partial charge on any atom is 0.306 e. The summed E-state index contributed by atoms with van der Waals surface area (Å²) in [6, 6.07) is 3.48. The molecular formula is C13H18N2O4S. The Morgan fingerprint density at radius 3 is 2.70 bits per heavy atom. The van der Waals surface area contributed by atoms with E-state index in [1.165, 1.54) is 16.2 Å². The third-order valence-electron chi connectivity index (χ3n) is 2.78. The molecule has 0 aliphatic rings. The Morgan fingerprint density at radius 1 is 1.45 bits per heavy atom. The van der Waals surface area contributed by atoms with Crippen molar-refractivity contribution in [3.63, 3.8) is 0 Å². The van der Waals surface area contributed by atoms with Crippen LogP contribution in [0, 0.1) is 5.92 Å². The van der Waals surface area contributed by atoms with Gasteiger partial charge in [0.05, 0.1) is 17.3 Å². The maximum absolute atomic E-state index is 11.9. The molecule has 0 radical (unpaired) electrons. The maximum atomic E-state index is 11.9. The van der Waals surface area contributed by atoms with E-state index in [4.69, 9.17) is 5.11 Å². The predicted molar refractivity (Wildman–Crippen MR) is 75.7 cm³/mol. The van der Waals surface area contributed by atoms with Crippen molar-refractivity contribution >= 4 is 29.1 Å². The summed E-state index contributed by atoms with van der Waals surface area (Å²) in [5, 5.41) is 13.1. The Hall–Kier alpha value is -1.89. The van der Waals surface area contributed by atoms with E-state index in [9.17, 15) is 14.4 Å². The van der Waals surface area contributed by atoms with Crippen LogP contribution in [0.5, 0.6) is 0 Å². The molecule has 1 aromatic heterocycles. The van der Waals surface area contributed by atoms with E-state index in [0.717, 1.165) is 0 Å². The van der Waals surface area contributed by atoms with E-state index in [1.807, 2.05) is 0 Å². The fourth-order valence-corrected chi connectivity index (χ4v) is 2.20. The van der Waals surface area contributed by atoms with Gasteiger partial charge >= 0.3 is 5.97 Å². The average Bonchev–Trinajstić information content (AvgIpc) is 2.91. The molecule has 0 bridgehead atoms. The molecule has 0 aromatic carbocycles. The molecule has 0 fully saturated rings. The summed E-state index contributed by atoms with van der Waals surface area (Å²) >= 11 is 1.32. The van der Waals surface area contributed by atoms with Gasteiger partial charge in [0.1, 0.15) is 0 Å². The molecule has 110 valence electrons. The molecule has 2 N–H and O–H groups in total. The Labute approximate surface area is 121 Å². The predicted octanol–water partition coefficient (Wildman–Crippen LogP) is 1.05. The zero-order valence-corrected chi connectivity index (χ0v) is 12.3. The van der Waals surface area contributed by atoms with Crippen LogP contribution in [0.1, 0.15) is 23.0 Å². The number of amides is 2. The molecule has 1 heterocycles. The lowest BCUT2D eigenvalue weighted by molar-refractivity contribution is -0.141. The van der Waals surface area contributed by atoms with Gasteiger partial charge in [-0.2, -0.15) is 0 Å². The number of nitrogens with zero attached hydrogens (tertiary/aromatic N) is 1. The van der Waals surface area contributed by atoms with Gasteiger partial charge in [-0.1, -0.05) is 13.0 Å². The first-order chi connectivity index (χ1) is 9.41. The highest BCUT2D eigenvalue weighted by Crippen LogP contribution is 2.10. The Kier molecular flexibility index (Phi) is 6.17. The summed E-state index contributed by atoms with van der Waals surface area (Å²) in [5.41, 5.74) is 0. The largest absolute Gasteiger partial charge is 0.481 e. The van der Waals surface area contributed by atoms with Crippen molar-refractivity contribution in [2.75, 3.05) is 20.1 Å². The molecule has 6 nitrogen and oxygen atoms in total. The molecular weight excluding hydrogens is 280 g/mol. The smallest absolute Gasteiger partial charge is 0.306 e. The molecule has 1 unspecified atom stereocenters. The normalized spacial score (nSPS) is 11.7. The fraction of sp³-hybridized carbons (Fsp3) is 0.462. The van der Waals surface area contributed by atoms with Crippen LogP contribution in [0.25, 0.3) is 0 Å². The minimum absolute atomic E-state index is 0.0435. The third kappa shape index (κ3) is 5.00. The molecule has 1 rings (SSSR count). The Bertz CT molecular complexity index is 473. The van der Waals surface area contributed by atoms with Gasteiger partial charge in [0.15, 0.2) is 0 Å². The Balaban J connectivity index is 2.31. The van der Waals surface area contributed by atoms with Gasteiger partial charge in [-0.3, -0.25) is 14.4 Å². The molecule has 1 atom stereocenters. The third-order valence-corrected chi connectivity index (χ3v) is 3.64. The molecule has 20 heavy (non-hydrogen) atoms. The molecule has 7 heteroatoms. The number of rotatable bonds is 7. The van der Waals surface area contributed by atoms with Crippen LogP contribution >= 0.6 is 11.3 Å². The van der Waals surface area contributed by atoms with Crippen LogP contribution in [0.4, 0.5) is 0 Å². The van der Waals surface area contributed by atoms with Crippen molar-refractivity contribution in [3.05, 3.63) is 22.4 Å². The van der Waals surface area contributed by atoms with Gasteiger partial charge < -0.3 is 15.3 Å². The topological polar surface area (TPSA) is 86.7 Å². The van der Waals surface area contributed by atoms with Crippen molar-refractivity contribution in [1.82, 2.24) is 10.2 Å². The molecule has 2 amide bonds. The van der Waals surface area contributed by atoms with Crippen LogP contribution < -0.4 is 5.32 Å². The average molecular weight is 298 g/mol. The van der Waals surface area contributed by atoms with Gasteiger partial charge in [-0.05, 0) is 17.9 Å². The van der Waals surface area contributed by atoms with Gasteiger partial charge in [-0.15, -0.1) is 11.3 Å². The van der Waals surface area contributed by atoms with E-state index in [2.05, 4.69) is 5.32 Å². The quantitative estimate of drug-likeness (QED) is 0.787. The molecule has 0 aliphatic carbocycles.